The Hall–Kier alpha value is -1.85. The van der Waals surface area contributed by atoms with Crippen molar-refractivity contribution < 1.29 is 18.3 Å². The molecule has 3 aliphatic rings. The number of nitrogens with one attached hydrogen (secondary N) is 2. The maximum Gasteiger partial charge on any atom is 0.387 e. The number of hydrogen-bond donors (Lipinski definition) is 2. The molecule has 2 bridgehead atoms. The van der Waals surface area contributed by atoms with Crippen LogP contribution in [0.25, 0.3) is 0 Å². The van der Waals surface area contributed by atoms with Crippen molar-refractivity contribution in [2.75, 3.05) is 38.6 Å². The van der Waals surface area contributed by atoms with Gasteiger partial charge in [-0.05, 0) is 49.7 Å². The van der Waals surface area contributed by atoms with Gasteiger partial charge in [-0.3, -0.25) is 4.79 Å². The van der Waals surface area contributed by atoms with Gasteiger partial charge in [-0.15, -0.1) is 24.0 Å². The van der Waals surface area contributed by atoms with E-state index in [0.717, 1.165) is 25.3 Å². The number of amides is 1. The summed E-state index contributed by atoms with van der Waals surface area (Å²) in [6.07, 6.45) is 5.84. The molecule has 0 spiro atoms. The van der Waals surface area contributed by atoms with Gasteiger partial charge < -0.3 is 25.2 Å². The molecule has 1 saturated heterocycles. The van der Waals surface area contributed by atoms with Gasteiger partial charge in [-0.1, -0.05) is 18.6 Å². The van der Waals surface area contributed by atoms with E-state index in [4.69, 9.17) is 4.74 Å². The summed E-state index contributed by atoms with van der Waals surface area (Å²) < 4.78 is 30.3. The number of para-hydroxylation sites is 2. The summed E-state index contributed by atoms with van der Waals surface area (Å²) in [5.74, 6) is 2.28. The van der Waals surface area contributed by atoms with E-state index in [1.54, 1.807) is 32.3 Å². The van der Waals surface area contributed by atoms with E-state index in [1.165, 1.54) is 24.2 Å². The minimum atomic E-state index is -2.86. The zero-order valence-electron chi connectivity index (χ0n) is 19.2. The van der Waals surface area contributed by atoms with Crippen molar-refractivity contribution in [1.29, 1.82) is 0 Å². The molecule has 1 aromatic carbocycles. The summed E-state index contributed by atoms with van der Waals surface area (Å²) in [6, 6.07) is 7.38. The molecule has 2 N–H and O–H groups in total. The number of hydrogen-bond acceptors (Lipinski definition) is 4. The van der Waals surface area contributed by atoms with Crippen molar-refractivity contribution in [2.24, 2.45) is 16.8 Å². The van der Waals surface area contributed by atoms with Gasteiger partial charge in [0.15, 0.2) is 5.96 Å². The van der Waals surface area contributed by atoms with Crippen LogP contribution in [0.15, 0.2) is 29.3 Å². The van der Waals surface area contributed by atoms with E-state index >= 15 is 0 Å². The number of anilines is 1. The Morgan fingerprint density at radius 2 is 2.00 bits per heavy atom. The second-order valence-electron chi connectivity index (χ2n) is 9.30. The molecule has 33 heavy (non-hydrogen) atoms. The van der Waals surface area contributed by atoms with Gasteiger partial charge in [-0.2, -0.15) is 8.78 Å². The monoisotopic (exact) mass is 577 g/mol. The summed E-state index contributed by atoms with van der Waals surface area (Å²) in [6.45, 7) is -1.40. The summed E-state index contributed by atoms with van der Waals surface area (Å²) in [5, 5.41) is 7.08. The number of carbonyl (C=O) groups excluding carboxylic acids is 1. The predicted molar refractivity (Wildman–Crippen MR) is 136 cm³/mol. The molecular formula is C23H34F2IN5O2. The molecule has 3 fully saturated rings. The number of nitrogens with zero attached hydrogens (tertiary/aromatic N) is 3. The van der Waals surface area contributed by atoms with E-state index < -0.39 is 6.61 Å². The van der Waals surface area contributed by atoms with Crippen molar-refractivity contribution in [3.8, 4) is 5.75 Å². The van der Waals surface area contributed by atoms with E-state index in [-0.39, 0.29) is 48.2 Å². The summed E-state index contributed by atoms with van der Waals surface area (Å²) in [7, 11) is 3.45. The Morgan fingerprint density at radius 3 is 2.67 bits per heavy atom. The standard InChI is InChI=1S/C23H33F2N5O2.HI/c1-29(2)21(31)13-26-23(28-18-12-15-7-8-16(18)11-15)27-17-9-10-30(14-17)19-5-3-4-6-20(19)32-22(24)25;/h3-6,15-18,22H,7-14H2,1-2H3,(H2,26,27,28);1H. The molecule has 7 nitrogen and oxygen atoms in total. The summed E-state index contributed by atoms with van der Waals surface area (Å²) in [4.78, 5) is 20.3. The zero-order valence-corrected chi connectivity index (χ0v) is 21.5. The average Bonchev–Trinajstić information content (AvgIpc) is 3.49. The fourth-order valence-corrected chi connectivity index (χ4v) is 5.22. The van der Waals surface area contributed by atoms with Crippen LogP contribution in [0.1, 0.15) is 32.1 Å². The number of alkyl halides is 2. The highest BCUT2D eigenvalue weighted by Crippen LogP contribution is 2.44. The van der Waals surface area contributed by atoms with Crippen LogP contribution in [0.2, 0.25) is 0 Å². The largest absolute Gasteiger partial charge is 0.433 e. The van der Waals surface area contributed by atoms with E-state index in [2.05, 4.69) is 20.5 Å². The summed E-state index contributed by atoms with van der Waals surface area (Å²) in [5.41, 5.74) is 0.666. The van der Waals surface area contributed by atoms with Gasteiger partial charge >= 0.3 is 6.61 Å². The Balaban J connectivity index is 0.00000306. The molecule has 0 aromatic heterocycles. The van der Waals surface area contributed by atoms with Crippen LogP contribution in [0, 0.1) is 11.8 Å². The molecule has 184 valence electrons. The number of guanidine groups is 1. The van der Waals surface area contributed by atoms with Crippen LogP contribution in [0.4, 0.5) is 14.5 Å². The number of carbonyl (C=O) groups is 1. The molecule has 10 heteroatoms. The molecule has 1 aliphatic heterocycles. The highest BCUT2D eigenvalue weighted by atomic mass is 127. The predicted octanol–water partition coefficient (Wildman–Crippen LogP) is 3.30. The number of halogens is 3. The fourth-order valence-electron chi connectivity index (χ4n) is 5.22. The second-order valence-corrected chi connectivity index (χ2v) is 9.30. The van der Waals surface area contributed by atoms with Crippen molar-refractivity contribution in [3.63, 3.8) is 0 Å². The first-order chi connectivity index (χ1) is 15.4. The van der Waals surface area contributed by atoms with E-state index in [9.17, 15) is 13.6 Å². The highest BCUT2D eigenvalue weighted by Gasteiger charge is 2.40. The number of rotatable bonds is 7. The van der Waals surface area contributed by atoms with Crippen LogP contribution >= 0.6 is 24.0 Å². The number of fused-ring (bicyclic) bond motifs is 2. The molecule has 1 aromatic rings. The maximum atomic E-state index is 12.8. The minimum absolute atomic E-state index is 0. The Kier molecular flexibility index (Phi) is 9.00. The molecule has 1 heterocycles. The van der Waals surface area contributed by atoms with Gasteiger partial charge in [0, 0.05) is 39.3 Å². The molecule has 0 radical (unpaired) electrons. The van der Waals surface area contributed by atoms with Crippen LogP contribution in [-0.4, -0.2) is 69.2 Å². The third-order valence-corrected chi connectivity index (χ3v) is 6.88. The van der Waals surface area contributed by atoms with Crippen LogP contribution in [-0.2, 0) is 4.79 Å². The maximum absolute atomic E-state index is 12.8. The Labute approximate surface area is 211 Å². The van der Waals surface area contributed by atoms with Gasteiger partial charge in [-0.25, -0.2) is 4.99 Å². The second kappa shape index (κ2) is 11.5. The zero-order chi connectivity index (χ0) is 22.7. The highest BCUT2D eigenvalue weighted by molar-refractivity contribution is 14.0. The fraction of sp³-hybridized carbons (Fsp3) is 0.652. The van der Waals surface area contributed by atoms with Crippen LogP contribution < -0.4 is 20.3 Å². The van der Waals surface area contributed by atoms with Gasteiger partial charge in [0.2, 0.25) is 5.91 Å². The topological polar surface area (TPSA) is 69.2 Å². The lowest BCUT2D eigenvalue weighted by Crippen LogP contribution is -2.50. The van der Waals surface area contributed by atoms with Crippen molar-refractivity contribution >= 4 is 41.5 Å². The molecular weight excluding hydrogens is 543 g/mol. The average molecular weight is 577 g/mol. The quantitative estimate of drug-likeness (QED) is 0.296. The first kappa shape index (κ1) is 25.8. The van der Waals surface area contributed by atoms with Crippen molar-refractivity contribution in [2.45, 2.75) is 50.8 Å². The van der Waals surface area contributed by atoms with Crippen LogP contribution in [0.5, 0.6) is 5.75 Å². The molecule has 4 unspecified atom stereocenters. The minimum Gasteiger partial charge on any atom is -0.433 e. The molecule has 1 amide bonds. The number of benzene rings is 1. The molecule has 4 atom stereocenters. The molecule has 2 saturated carbocycles. The van der Waals surface area contributed by atoms with Crippen molar-refractivity contribution in [3.05, 3.63) is 24.3 Å². The number of likely N-dealkylation sites (N-methyl/N-ethyl adjacent to an activating group) is 1. The lowest BCUT2D eigenvalue weighted by atomic mass is 9.95. The Morgan fingerprint density at radius 1 is 1.21 bits per heavy atom. The van der Waals surface area contributed by atoms with Gasteiger partial charge in [0.1, 0.15) is 12.3 Å². The van der Waals surface area contributed by atoms with E-state index in [0.29, 0.717) is 30.2 Å². The SMILES string of the molecule is CN(C)C(=O)CN=C(NC1CCN(c2ccccc2OC(F)F)C1)NC1CC2CCC1C2.I. The summed E-state index contributed by atoms with van der Waals surface area (Å²) >= 11 is 0. The lowest BCUT2D eigenvalue weighted by Gasteiger charge is -2.27. The van der Waals surface area contributed by atoms with E-state index in [1.807, 2.05) is 6.07 Å². The first-order valence-electron chi connectivity index (χ1n) is 11.5. The smallest absolute Gasteiger partial charge is 0.387 e. The number of ether oxygens (including phenoxy) is 1. The number of aliphatic imine (C=N–C) groups is 1. The first-order valence-corrected chi connectivity index (χ1v) is 11.5. The van der Waals surface area contributed by atoms with Crippen LogP contribution in [0.3, 0.4) is 0 Å². The Bertz CT molecular complexity index is 841. The van der Waals surface area contributed by atoms with Gasteiger partial charge in [0.05, 0.1) is 5.69 Å². The van der Waals surface area contributed by atoms with Gasteiger partial charge in [0.25, 0.3) is 0 Å². The molecule has 4 rings (SSSR count). The lowest BCUT2D eigenvalue weighted by molar-refractivity contribution is -0.127. The third kappa shape index (κ3) is 6.60. The normalized spacial score (nSPS) is 26.3. The molecule has 2 aliphatic carbocycles. The van der Waals surface area contributed by atoms with Crippen molar-refractivity contribution in [1.82, 2.24) is 15.5 Å². The third-order valence-electron chi connectivity index (χ3n) is 6.88.